The lowest BCUT2D eigenvalue weighted by atomic mass is 9.79. The molecule has 1 unspecified atom stereocenters. The summed E-state index contributed by atoms with van der Waals surface area (Å²) in [4.78, 5) is 32.7. The predicted octanol–water partition coefficient (Wildman–Crippen LogP) is 5.65. The molecule has 1 saturated heterocycles. The molecule has 3 amide bonds. The van der Waals surface area contributed by atoms with Gasteiger partial charge in [-0.25, -0.2) is 14.2 Å². The van der Waals surface area contributed by atoms with Crippen LogP contribution in [-0.4, -0.2) is 28.9 Å². The van der Waals surface area contributed by atoms with Crippen LogP contribution < -0.4 is 10.1 Å². The van der Waals surface area contributed by atoms with Gasteiger partial charge in [0.05, 0.1) is 19.3 Å². The molecule has 3 aromatic carbocycles. The zero-order valence-corrected chi connectivity index (χ0v) is 20.3. The molecule has 0 saturated carbocycles. The first-order valence-electron chi connectivity index (χ1n) is 11.8. The molecule has 1 atom stereocenters. The number of benzene rings is 3. The monoisotopic (exact) mass is 483 g/mol. The number of hydrogen-bond donors (Lipinski definition) is 1. The Labute approximate surface area is 208 Å². The number of urea groups is 1. The van der Waals surface area contributed by atoms with Crippen molar-refractivity contribution in [2.45, 2.75) is 25.9 Å². The van der Waals surface area contributed by atoms with Gasteiger partial charge in [-0.3, -0.25) is 9.69 Å². The maximum Gasteiger partial charge on any atom is 0.325 e. The number of ether oxygens (including phenoxy) is 1. The summed E-state index contributed by atoms with van der Waals surface area (Å²) in [5.74, 6) is -0.725. The Morgan fingerprint density at radius 3 is 2.50 bits per heavy atom. The van der Waals surface area contributed by atoms with Crippen molar-refractivity contribution < 1.29 is 18.7 Å². The molecule has 1 N–H and O–H groups in total. The third-order valence-corrected chi connectivity index (χ3v) is 6.78. The minimum atomic E-state index is -1.34. The van der Waals surface area contributed by atoms with Crippen molar-refractivity contribution in [3.05, 3.63) is 95.8 Å². The topological polar surface area (TPSA) is 71.5 Å². The molecule has 1 aliphatic rings. The van der Waals surface area contributed by atoms with E-state index in [-0.39, 0.29) is 30.1 Å². The van der Waals surface area contributed by atoms with Gasteiger partial charge in [0.2, 0.25) is 5.88 Å². The van der Waals surface area contributed by atoms with Crippen LogP contribution in [0.3, 0.4) is 0 Å². The number of imide groups is 1. The van der Waals surface area contributed by atoms with E-state index in [4.69, 9.17) is 4.74 Å². The van der Waals surface area contributed by atoms with Crippen molar-refractivity contribution in [2.75, 3.05) is 7.11 Å². The largest absolute Gasteiger partial charge is 0.481 e. The Morgan fingerprint density at radius 2 is 1.78 bits per heavy atom. The maximum atomic E-state index is 14.4. The number of nitrogens with one attached hydrogen (secondary N) is 1. The van der Waals surface area contributed by atoms with E-state index in [2.05, 4.69) is 10.3 Å². The summed E-state index contributed by atoms with van der Waals surface area (Å²) in [7, 11) is 1.48. The van der Waals surface area contributed by atoms with Crippen LogP contribution in [0.4, 0.5) is 9.18 Å². The standard InChI is InChI=1S/C29H26FN3O3/c1-18(2)29(27(34)33(28(35)32-29)17-19-8-5-4-6-9-19)23-14-15-25(31-26(23)36-3)21-13-12-20-10-7-11-24(30)22(20)16-21/h4-16,18H,17H2,1-3H3,(H,32,35). The number of rotatable bonds is 6. The minimum Gasteiger partial charge on any atom is -0.481 e. The number of methoxy groups -OCH3 is 1. The highest BCUT2D eigenvalue weighted by atomic mass is 19.1. The SMILES string of the molecule is COc1nc(-c2ccc3cccc(F)c3c2)ccc1C1(C(C)C)NC(=O)N(Cc2ccccc2)C1=O. The quantitative estimate of drug-likeness (QED) is 0.360. The summed E-state index contributed by atoms with van der Waals surface area (Å²) >= 11 is 0. The van der Waals surface area contributed by atoms with E-state index in [1.165, 1.54) is 18.1 Å². The molecule has 1 aromatic heterocycles. The highest BCUT2D eigenvalue weighted by Crippen LogP contribution is 2.41. The van der Waals surface area contributed by atoms with Crippen molar-refractivity contribution in [1.82, 2.24) is 15.2 Å². The van der Waals surface area contributed by atoms with Gasteiger partial charge < -0.3 is 10.1 Å². The summed E-state index contributed by atoms with van der Waals surface area (Å²) in [6, 6.07) is 22.8. The zero-order valence-electron chi connectivity index (χ0n) is 20.3. The summed E-state index contributed by atoms with van der Waals surface area (Å²) in [5.41, 5.74) is 1.27. The van der Waals surface area contributed by atoms with Crippen LogP contribution in [0.1, 0.15) is 25.0 Å². The molecule has 7 heteroatoms. The highest BCUT2D eigenvalue weighted by Gasteiger charge is 2.56. The first-order chi connectivity index (χ1) is 17.3. The highest BCUT2D eigenvalue weighted by molar-refractivity contribution is 6.08. The molecule has 6 nitrogen and oxygen atoms in total. The molecule has 2 heterocycles. The second kappa shape index (κ2) is 9.07. The van der Waals surface area contributed by atoms with Crippen molar-refractivity contribution in [2.24, 2.45) is 5.92 Å². The molecule has 1 aliphatic heterocycles. The number of amides is 3. The number of carbonyl (C=O) groups excluding carboxylic acids is 2. The molecule has 0 bridgehead atoms. The van der Waals surface area contributed by atoms with Gasteiger partial charge in [-0.15, -0.1) is 0 Å². The second-order valence-corrected chi connectivity index (χ2v) is 9.20. The fourth-order valence-electron chi connectivity index (χ4n) is 4.84. The van der Waals surface area contributed by atoms with E-state index in [0.29, 0.717) is 22.2 Å². The molecule has 5 rings (SSSR count). The Hall–Kier alpha value is -4.26. The van der Waals surface area contributed by atoms with Crippen LogP contribution in [0.5, 0.6) is 5.88 Å². The Bertz CT molecular complexity index is 1470. The van der Waals surface area contributed by atoms with Gasteiger partial charge in [0.1, 0.15) is 5.82 Å². The number of pyridine rings is 1. The van der Waals surface area contributed by atoms with Gasteiger partial charge in [-0.1, -0.05) is 68.4 Å². The van der Waals surface area contributed by atoms with E-state index >= 15 is 0 Å². The van der Waals surface area contributed by atoms with Gasteiger partial charge in [0.15, 0.2) is 5.54 Å². The van der Waals surface area contributed by atoms with Gasteiger partial charge in [-0.2, -0.15) is 0 Å². The zero-order chi connectivity index (χ0) is 25.4. The van der Waals surface area contributed by atoms with Gasteiger partial charge >= 0.3 is 6.03 Å². The molecule has 4 aromatic rings. The molecule has 36 heavy (non-hydrogen) atoms. The number of halogens is 1. The lowest BCUT2D eigenvalue weighted by Crippen LogP contribution is -2.48. The maximum absolute atomic E-state index is 14.4. The van der Waals surface area contributed by atoms with Crippen LogP contribution in [0.15, 0.2) is 78.9 Å². The van der Waals surface area contributed by atoms with Crippen molar-refractivity contribution in [3.8, 4) is 17.1 Å². The van der Waals surface area contributed by atoms with E-state index in [0.717, 1.165) is 10.9 Å². The molecular weight excluding hydrogens is 457 g/mol. The molecule has 182 valence electrons. The number of aromatic nitrogens is 1. The summed E-state index contributed by atoms with van der Waals surface area (Å²) in [6.45, 7) is 3.92. The molecule has 0 radical (unpaired) electrons. The summed E-state index contributed by atoms with van der Waals surface area (Å²) in [6.07, 6.45) is 0. The lowest BCUT2D eigenvalue weighted by molar-refractivity contribution is -0.133. The third kappa shape index (κ3) is 3.77. The predicted molar refractivity (Wildman–Crippen MR) is 136 cm³/mol. The summed E-state index contributed by atoms with van der Waals surface area (Å²) < 4.78 is 20.0. The fourth-order valence-corrected chi connectivity index (χ4v) is 4.84. The molecule has 1 fully saturated rings. The van der Waals surface area contributed by atoms with Crippen molar-refractivity contribution >= 4 is 22.7 Å². The van der Waals surface area contributed by atoms with Gasteiger partial charge in [0.25, 0.3) is 5.91 Å². The smallest absolute Gasteiger partial charge is 0.325 e. The van der Waals surface area contributed by atoms with Gasteiger partial charge in [-0.05, 0) is 41.1 Å². The minimum absolute atomic E-state index is 0.163. The van der Waals surface area contributed by atoms with E-state index in [1.807, 2.05) is 62.4 Å². The van der Waals surface area contributed by atoms with Crippen LogP contribution in [0.2, 0.25) is 0 Å². The number of fused-ring (bicyclic) bond motifs is 1. The molecular formula is C29H26FN3O3. The average molecular weight is 484 g/mol. The second-order valence-electron chi connectivity index (χ2n) is 9.20. The average Bonchev–Trinajstić information content (AvgIpc) is 3.14. The van der Waals surface area contributed by atoms with E-state index < -0.39 is 11.6 Å². The van der Waals surface area contributed by atoms with Gasteiger partial charge in [0, 0.05) is 16.5 Å². The Morgan fingerprint density at radius 1 is 1.00 bits per heavy atom. The van der Waals surface area contributed by atoms with Crippen LogP contribution in [0, 0.1) is 11.7 Å². The third-order valence-electron chi connectivity index (χ3n) is 6.78. The number of carbonyl (C=O) groups is 2. The number of hydrogen-bond acceptors (Lipinski definition) is 4. The molecule has 0 spiro atoms. The van der Waals surface area contributed by atoms with Crippen LogP contribution in [-0.2, 0) is 16.9 Å². The Balaban J connectivity index is 1.56. The van der Waals surface area contributed by atoms with Crippen molar-refractivity contribution in [1.29, 1.82) is 0 Å². The Kier molecular flexibility index (Phi) is 5.92. The number of nitrogens with zero attached hydrogens (tertiary/aromatic N) is 2. The van der Waals surface area contributed by atoms with E-state index in [9.17, 15) is 14.0 Å². The lowest BCUT2D eigenvalue weighted by Gasteiger charge is -2.32. The first kappa shape index (κ1) is 23.5. The van der Waals surface area contributed by atoms with Crippen LogP contribution >= 0.6 is 0 Å². The van der Waals surface area contributed by atoms with Crippen molar-refractivity contribution in [3.63, 3.8) is 0 Å². The normalized spacial score (nSPS) is 17.6. The first-order valence-corrected chi connectivity index (χ1v) is 11.8. The fraction of sp³-hybridized carbons (Fsp3) is 0.207. The summed E-state index contributed by atoms with van der Waals surface area (Å²) in [5, 5.41) is 4.22. The molecule has 0 aliphatic carbocycles. The van der Waals surface area contributed by atoms with E-state index in [1.54, 1.807) is 24.3 Å². The van der Waals surface area contributed by atoms with Crippen LogP contribution in [0.25, 0.3) is 22.0 Å².